The molecule has 0 aliphatic carbocycles. The van der Waals surface area contributed by atoms with E-state index < -0.39 is 0 Å². The van der Waals surface area contributed by atoms with Crippen LogP contribution in [0, 0.1) is 0 Å². The Morgan fingerprint density at radius 3 is 2.76 bits per heavy atom. The summed E-state index contributed by atoms with van der Waals surface area (Å²) in [6.07, 6.45) is 5.54. The molecule has 1 aromatic rings. The maximum atomic E-state index is 4.37. The smallest absolute Gasteiger partial charge is 0.0416 e. The molecule has 0 spiro atoms. The lowest BCUT2D eigenvalue weighted by Gasteiger charge is -2.35. The lowest BCUT2D eigenvalue weighted by Crippen LogP contribution is -2.42. The number of nitrogens with zero attached hydrogens (tertiary/aromatic N) is 3. The molecule has 1 aromatic heterocycles. The minimum absolute atomic E-state index is 0.759. The maximum Gasteiger partial charge on any atom is 0.0416 e. The molecule has 17 heavy (non-hydrogen) atoms. The van der Waals surface area contributed by atoms with Crippen LogP contribution in [-0.4, -0.2) is 54.6 Å². The summed E-state index contributed by atoms with van der Waals surface area (Å²) in [4.78, 5) is 9.29. The molecule has 1 saturated heterocycles. The first kappa shape index (κ1) is 12.5. The zero-order valence-electron chi connectivity index (χ0n) is 11.0. The number of rotatable bonds is 4. The Bertz CT molecular complexity index is 317. The van der Waals surface area contributed by atoms with Crippen LogP contribution in [0.1, 0.15) is 18.5 Å². The molecule has 3 nitrogen and oxygen atoms in total. The van der Waals surface area contributed by atoms with Gasteiger partial charge in [0, 0.05) is 30.9 Å². The summed E-state index contributed by atoms with van der Waals surface area (Å²) in [5, 5.41) is 0. The van der Waals surface area contributed by atoms with Crippen LogP contribution in [0.4, 0.5) is 0 Å². The zero-order valence-corrected chi connectivity index (χ0v) is 11.0. The minimum Gasteiger partial charge on any atom is -0.306 e. The maximum absolute atomic E-state index is 4.37. The Labute approximate surface area is 104 Å². The standard InChI is InChI=1S/C14H23N3/c1-16-10-7-14(8-11-16)17(2)12-6-13-5-3-4-9-15-13/h3-5,9,14H,6-8,10-12H2,1-2H3. The number of pyridine rings is 1. The lowest BCUT2D eigenvalue weighted by molar-refractivity contribution is 0.145. The van der Waals surface area contributed by atoms with E-state index in [4.69, 9.17) is 0 Å². The fourth-order valence-corrected chi connectivity index (χ4v) is 2.46. The molecule has 0 N–H and O–H groups in total. The molecule has 1 aliphatic heterocycles. The fourth-order valence-electron chi connectivity index (χ4n) is 2.46. The average Bonchev–Trinajstić information content (AvgIpc) is 2.38. The first-order chi connectivity index (χ1) is 8.25. The highest BCUT2D eigenvalue weighted by atomic mass is 15.2. The predicted molar refractivity (Wildman–Crippen MR) is 71.1 cm³/mol. The molecule has 1 aliphatic rings. The molecule has 2 heterocycles. The second-order valence-electron chi connectivity index (χ2n) is 5.09. The van der Waals surface area contributed by atoms with Gasteiger partial charge in [0.2, 0.25) is 0 Å². The monoisotopic (exact) mass is 233 g/mol. The zero-order chi connectivity index (χ0) is 12.1. The van der Waals surface area contributed by atoms with Crippen LogP contribution in [0.5, 0.6) is 0 Å². The van der Waals surface area contributed by atoms with Gasteiger partial charge in [-0.3, -0.25) is 4.98 Å². The number of hydrogen-bond donors (Lipinski definition) is 0. The largest absolute Gasteiger partial charge is 0.306 e. The molecule has 0 aromatic carbocycles. The van der Waals surface area contributed by atoms with Crippen molar-refractivity contribution < 1.29 is 0 Å². The number of aromatic nitrogens is 1. The van der Waals surface area contributed by atoms with Crippen LogP contribution in [0.2, 0.25) is 0 Å². The van der Waals surface area contributed by atoms with Gasteiger partial charge in [0.15, 0.2) is 0 Å². The minimum atomic E-state index is 0.759. The number of likely N-dealkylation sites (N-methyl/N-ethyl adjacent to an activating group) is 1. The molecule has 0 amide bonds. The molecular formula is C14H23N3. The van der Waals surface area contributed by atoms with E-state index in [-0.39, 0.29) is 0 Å². The van der Waals surface area contributed by atoms with Gasteiger partial charge in [0.1, 0.15) is 0 Å². The normalized spacial score (nSPS) is 18.8. The summed E-state index contributed by atoms with van der Waals surface area (Å²) in [5.74, 6) is 0. The van der Waals surface area contributed by atoms with Gasteiger partial charge in [0.05, 0.1) is 0 Å². The molecule has 0 radical (unpaired) electrons. The Morgan fingerprint density at radius 1 is 1.35 bits per heavy atom. The predicted octanol–water partition coefficient (Wildman–Crippen LogP) is 1.65. The van der Waals surface area contributed by atoms with E-state index in [2.05, 4.69) is 41.0 Å². The van der Waals surface area contributed by atoms with Crippen molar-refractivity contribution in [2.45, 2.75) is 25.3 Å². The third-order valence-electron chi connectivity index (χ3n) is 3.76. The quantitative estimate of drug-likeness (QED) is 0.788. The van der Waals surface area contributed by atoms with Crippen molar-refractivity contribution in [3.8, 4) is 0 Å². The van der Waals surface area contributed by atoms with Crippen molar-refractivity contribution in [1.29, 1.82) is 0 Å². The summed E-state index contributed by atoms with van der Waals surface area (Å²) < 4.78 is 0. The van der Waals surface area contributed by atoms with Crippen molar-refractivity contribution in [1.82, 2.24) is 14.8 Å². The van der Waals surface area contributed by atoms with Crippen LogP contribution in [0.15, 0.2) is 24.4 Å². The molecule has 1 fully saturated rings. The molecule has 2 rings (SSSR count). The summed E-state index contributed by atoms with van der Waals surface area (Å²) >= 11 is 0. The molecular weight excluding hydrogens is 210 g/mol. The molecule has 0 atom stereocenters. The van der Waals surface area contributed by atoms with Crippen molar-refractivity contribution in [2.24, 2.45) is 0 Å². The highest BCUT2D eigenvalue weighted by Gasteiger charge is 2.19. The summed E-state index contributed by atoms with van der Waals surface area (Å²) in [7, 11) is 4.46. The number of hydrogen-bond acceptors (Lipinski definition) is 3. The van der Waals surface area contributed by atoms with Gasteiger partial charge in [-0.1, -0.05) is 6.07 Å². The van der Waals surface area contributed by atoms with Crippen molar-refractivity contribution >= 4 is 0 Å². The Hall–Kier alpha value is -0.930. The molecule has 3 heteroatoms. The van der Waals surface area contributed by atoms with Crippen LogP contribution in [0.25, 0.3) is 0 Å². The topological polar surface area (TPSA) is 19.4 Å². The van der Waals surface area contributed by atoms with Gasteiger partial charge in [-0.25, -0.2) is 0 Å². The van der Waals surface area contributed by atoms with Crippen molar-refractivity contribution in [2.75, 3.05) is 33.7 Å². The van der Waals surface area contributed by atoms with E-state index in [1.807, 2.05) is 12.3 Å². The van der Waals surface area contributed by atoms with E-state index in [9.17, 15) is 0 Å². The first-order valence-corrected chi connectivity index (χ1v) is 6.54. The Morgan fingerprint density at radius 2 is 2.12 bits per heavy atom. The first-order valence-electron chi connectivity index (χ1n) is 6.54. The second-order valence-corrected chi connectivity index (χ2v) is 5.09. The third-order valence-corrected chi connectivity index (χ3v) is 3.76. The van der Waals surface area contributed by atoms with Gasteiger partial charge in [0.25, 0.3) is 0 Å². The third kappa shape index (κ3) is 3.79. The van der Waals surface area contributed by atoms with Gasteiger partial charge < -0.3 is 9.80 Å². The Balaban J connectivity index is 1.75. The summed E-state index contributed by atoms with van der Waals surface area (Å²) in [5.41, 5.74) is 1.20. The van der Waals surface area contributed by atoms with Crippen molar-refractivity contribution in [3.05, 3.63) is 30.1 Å². The fraction of sp³-hybridized carbons (Fsp3) is 0.643. The Kier molecular flexibility index (Phi) is 4.51. The molecule has 0 bridgehead atoms. The van der Waals surface area contributed by atoms with E-state index in [1.165, 1.54) is 31.6 Å². The highest BCUT2D eigenvalue weighted by Crippen LogP contribution is 2.14. The average molecular weight is 233 g/mol. The lowest BCUT2D eigenvalue weighted by atomic mass is 10.0. The summed E-state index contributed by atoms with van der Waals surface area (Å²) in [6.45, 7) is 3.59. The van der Waals surface area contributed by atoms with Gasteiger partial charge >= 0.3 is 0 Å². The number of piperidine rings is 1. The van der Waals surface area contributed by atoms with E-state index in [0.717, 1.165) is 19.0 Å². The van der Waals surface area contributed by atoms with Crippen LogP contribution in [0.3, 0.4) is 0 Å². The second kappa shape index (κ2) is 6.12. The number of likely N-dealkylation sites (tertiary alicyclic amines) is 1. The molecule has 0 saturated carbocycles. The van der Waals surface area contributed by atoms with Crippen LogP contribution >= 0.6 is 0 Å². The van der Waals surface area contributed by atoms with Crippen LogP contribution < -0.4 is 0 Å². The van der Waals surface area contributed by atoms with E-state index in [1.54, 1.807) is 0 Å². The molecule has 94 valence electrons. The van der Waals surface area contributed by atoms with Crippen LogP contribution in [-0.2, 0) is 6.42 Å². The van der Waals surface area contributed by atoms with Gasteiger partial charge in [-0.05, 0) is 52.2 Å². The van der Waals surface area contributed by atoms with E-state index >= 15 is 0 Å². The summed E-state index contributed by atoms with van der Waals surface area (Å²) in [6, 6.07) is 6.92. The highest BCUT2D eigenvalue weighted by molar-refractivity contribution is 5.03. The van der Waals surface area contributed by atoms with Gasteiger partial charge in [-0.2, -0.15) is 0 Å². The van der Waals surface area contributed by atoms with E-state index in [0.29, 0.717) is 0 Å². The van der Waals surface area contributed by atoms with Crippen molar-refractivity contribution in [3.63, 3.8) is 0 Å². The SMILES string of the molecule is CN1CCC(N(C)CCc2ccccn2)CC1. The van der Waals surface area contributed by atoms with Gasteiger partial charge in [-0.15, -0.1) is 0 Å². The molecule has 0 unspecified atom stereocenters.